The van der Waals surface area contributed by atoms with Crippen molar-refractivity contribution in [3.05, 3.63) is 23.7 Å². The summed E-state index contributed by atoms with van der Waals surface area (Å²) in [4.78, 5) is 0. The topological polar surface area (TPSA) is 69.1 Å². The molecular weight excluding hydrogens is 154 g/mol. The first kappa shape index (κ1) is 7.17. The van der Waals surface area contributed by atoms with E-state index in [9.17, 15) is 0 Å². The molecular formula is C7H9N5. The summed E-state index contributed by atoms with van der Waals surface area (Å²) in [6.45, 7) is 2.28. The number of nitrogens with two attached hydrogens (primary N) is 1. The molecule has 0 aliphatic heterocycles. The zero-order valence-electron chi connectivity index (χ0n) is 6.73. The molecule has 62 valence electrons. The van der Waals surface area contributed by atoms with Crippen LogP contribution >= 0.6 is 0 Å². The number of nitrogens with zero attached hydrogens (tertiary/aromatic N) is 4. The summed E-state index contributed by atoms with van der Waals surface area (Å²) in [5.41, 5.74) is 7.11. The Morgan fingerprint density at radius 3 is 3.00 bits per heavy atom. The molecule has 0 aliphatic rings. The summed E-state index contributed by atoms with van der Waals surface area (Å²) >= 11 is 0. The molecule has 5 heteroatoms. The number of fused-ring (bicyclic) bond motifs is 1. The van der Waals surface area contributed by atoms with Crippen molar-refractivity contribution in [2.45, 2.75) is 13.5 Å². The van der Waals surface area contributed by atoms with Crippen molar-refractivity contribution >= 4 is 5.65 Å². The standard InChI is InChI=1S/C7H9N5/c1-5-2-3-6-9-10-7(4-8)12(6)11-5/h2-3H,4,8H2,1H3. The van der Waals surface area contributed by atoms with Crippen LogP contribution in [0.25, 0.3) is 5.65 Å². The van der Waals surface area contributed by atoms with Crippen molar-refractivity contribution in [3.8, 4) is 0 Å². The molecule has 0 fully saturated rings. The van der Waals surface area contributed by atoms with Crippen LogP contribution in [0.5, 0.6) is 0 Å². The van der Waals surface area contributed by atoms with Crippen LogP contribution in [0, 0.1) is 6.92 Å². The van der Waals surface area contributed by atoms with Gasteiger partial charge in [-0.15, -0.1) is 10.2 Å². The fraction of sp³-hybridized carbons (Fsp3) is 0.286. The van der Waals surface area contributed by atoms with Crippen molar-refractivity contribution < 1.29 is 0 Å². The molecule has 0 saturated carbocycles. The average Bonchev–Trinajstić information content (AvgIpc) is 2.46. The van der Waals surface area contributed by atoms with Gasteiger partial charge in [-0.05, 0) is 19.1 Å². The number of hydrogen-bond acceptors (Lipinski definition) is 4. The Bertz CT molecular complexity index is 405. The summed E-state index contributed by atoms with van der Waals surface area (Å²) in [6.07, 6.45) is 0. The highest BCUT2D eigenvalue weighted by atomic mass is 15.4. The van der Waals surface area contributed by atoms with Crippen molar-refractivity contribution in [1.82, 2.24) is 19.8 Å². The fourth-order valence-electron chi connectivity index (χ4n) is 1.05. The van der Waals surface area contributed by atoms with Crippen molar-refractivity contribution in [3.63, 3.8) is 0 Å². The second-order valence-electron chi connectivity index (χ2n) is 2.57. The van der Waals surface area contributed by atoms with E-state index in [1.807, 2.05) is 19.1 Å². The van der Waals surface area contributed by atoms with E-state index in [2.05, 4.69) is 15.3 Å². The maximum Gasteiger partial charge on any atom is 0.177 e. The Morgan fingerprint density at radius 1 is 1.42 bits per heavy atom. The van der Waals surface area contributed by atoms with E-state index >= 15 is 0 Å². The molecule has 2 rings (SSSR count). The average molecular weight is 163 g/mol. The lowest BCUT2D eigenvalue weighted by Gasteiger charge is -1.95. The van der Waals surface area contributed by atoms with E-state index in [4.69, 9.17) is 5.73 Å². The Kier molecular flexibility index (Phi) is 1.51. The van der Waals surface area contributed by atoms with Crippen LogP contribution in [0.15, 0.2) is 12.1 Å². The third-order valence-electron chi connectivity index (χ3n) is 1.64. The van der Waals surface area contributed by atoms with Crippen LogP contribution in [0.3, 0.4) is 0 Å². The van der Waals surface area contributed by atoms with Crippen LogP contribution in [0.1, 0.15) is 11.5 Å². The predicted molar refractivity (Wildman–Crippen MR) is 43.4 cm³/mol. The second-order valence-corrected chi connectivity index (χ2v) is 2.57. The Labute approximate surface area is 69.2 Å². The van der Waals surface area contributed by atoms with E-state index < -0.39 is 0 Å². The SMILES string of the molecule is Cc1ccc2nnc(CN)n2n1. The van der Waals surface area contributed by atoms with Crippen molar-refractivity contribution in [2.24, 2.45) is 5.73 Å². The van der Waals surface area contributed by atoms with E-state index in [0.29, 0.717) is 12.4 Å². The fourth-order valence-corrected chi connectivity index (χ4v) is 1.05. The van der Waals surface area contributed by atoms with Crippen molar-refractivity contribution in [2.75, 3.05) is 0 Å². The van der Waals surface area contributed by atoms with Gasteiger partial charge in [0.2, 0.25) is 0 Å². The van der Waals surface area contributed by atoms with Crippen LogP contribution in [0.4, 0.5) is 0 Å². The van der Waals surface area contributed by atoms with Gasteiger partial charge in [-0.25, -0.2) is 0 Å². The Balaban J connectivity index is 2.75. The zero-order chi connectivity index (χ0) is 8.55. The van der Waals surface area contributed by atoms with E-state index in [1.165, 1.54) is 0 Å². The van der Waals surface area contributed by atoms with Gasteiger partial charge >= 0.3 is 0 Å². The number of hydrogen-bond donors (Lipinski definition) is 1. The molecule has 0 atom stereocenters. The first-order valence-electron chi connectivity index (χ1n) is 3.69. The van der Waals surface area contributed by atoms with Gasteiger partial charge in [0.05, 0.1) is 12.2 Å². The molecule has 5 nitrogen and oxygen atoms in total. The molecule has 2 aromatic rings. The predicted octanol–water partition coefficient (Wildman–Crippen LogP) is -0.109. The molecule has 0 unspecified atom stereocenters. The lowest BCUT2D eigenvalue weighted by molar-refractivity contribution is 0.795. The van der Waals surface area contributed by atoms with E-state index in [-0.39, 0.29) is 0 Å². The van der Waals surface area contributed by atoms with Crippen molar-refractivity contribution in [1.29, 1.82) is 0 Å². The summed E-state index contributed by atoms with van der Waals surface area (Å²) < 4.78 is 1.66. The minimum Gasteiger partial charge on any atom is -0.324 e. The van der Waals surface area contributed by atoms with Gasteiger partial charge in [-0.1, -0.05) is 0 Å². The van der Waals surface area contributed by atoms with Gasteiger partial charge in [0, 0.05) is 0 Å². The molecule has 0 saturated heterocycles. The van der Waals surface area contributed by atoms with Gasteiger partial charge < -0.3 is 5.73 Å². The summed E-state index contributed by atoms with van der Waals surface area (Å²) in [5.74, 6) is 0.689. The van der Waals surface area contributed by atoms with E-state index in [1.54, 1.807) is 4.52 Å². The molecule has 2 N–H and O–H groups in total. The quantitative estimate of drug-likeness (QED) is 0.637. The largest absolute Gasteiger partial charge is 0.324 e. The Hall–Kier alpha value is -1.49. The molecule has 0 spiro atoms. The van der Waals surface area contributed by atoms with E-state index in [0.717, 1.165) is 11.3 Å². The number of aryl methyl sites for hydroxylation is 1. The molecule has 0 radical (unpaired) electrons. The normalized spacial score (nSPS) is 10.8. The third kappa shape index (κ3) is 0.947. The zero-order valence-corrected chi connectivity index (χ0v) is 6.73. The summed E-state index contributed by atoms with van der Waals surface area (Å²) in [7, 11) is 0. The maximum absolute atomic E-state index is 5.45. The molecule has 2 heterocycles. The van der Waals surface area contributed by atoms with Gasteiger partial charge in [0.15, 0.2) is 11.5 Å². The monoisotopic (exact) mass is 163 g/mol. The molecule has 0 aliphatic carbocycles. The van der Waals surface area contributed by atoms with Crippen LogP contribution in [-0.4, -0.2) is 19.8 Å². The summed E-state index contributed by atoms with van der Waals surface area (Å²) in [6, 6.07) is 3.76. The minimum atomic E-state index is 0.359. The molecule has 0 aromatic carbocycles. The third-order valence-corrected chi connectivity index (χ3v) is 1.64. The summed E-state index contributed by atoms with van der Waals surface area (Å²) in [5, 5.41) is 12.0. The van der Waals surface area contributed by atoms with Crippen LogP contribution in [-0.2, 0) is 6.54 Å². The van der Waals surface area contributed by atoms with Crippen LogP contribution in [0.2, 0.25) is 0 Å². The molecule has 12 heavy (non-hydrogen) atoms. The van der Waals surface area contributed by atoms with Gasteiger partial charge in [0.25, 0.3) is 0 Å². The number of rotatable bonds is 1. The first-order valence-corrected chi connectivity index (χ1v) is 3.69. The van der Waals surface area contributed by atoms with Gasteiger partial charge in [-0.3, -0.25) is 0 Å². The first-order chi connectivity index (χ1) is 5.81. The molecule has 0 amide bonds. The second kappa shape index (κ2) is 2.53. The maximum atomic E-state index is 5.45. The highest BCUT2D eigenvalue weighted by molar-refractivity contribution is 5.35. The highest BCUT2D eigenvalue weighted by Crippen LogP contribution is 2.01. The van der Waals surface area contributed by atoms with Gasteiger partial charge in [0.1, 0.15) is 0 Å². The van der Waals surface area contributed by atoms with Crippen LogP contribution < -0.4 is 5.73 Å². The lowest BCUT2D eigenvalue weighted by Crippen LogP contribution is -2.05. The van der Waals surface area contributed by atoms with Gasteiger partial charge in [-0.2, -0.15) is 9.61 Å². The Morgan fingerprint density at radius 2 is 2.25 bits per heavy atom. The minimum absolute atomic E-state index is 0.359. The molecule has 2 aromatic heterocycles. The molecule has 0 bridgehead atoms. The number of aromatic nitrogens is 4. The highest BCUT2D eigenvalue weighted by Gasteiger charge is 2.02. The lowest BCUT2D eigenvalue weighted by atomic mass is 10.4. The smallest absolute Gasteiger partial charge is 0.177 e.